The summed E-state index contributed by atoms with van der Waals surface area (Å²) in [6.45, 7) is 0.766. The highest BCUT2D eigenvalue weighted by atomic mass is 31.3. The van der Waals surface area contributed by atoms with Gasteiger partial charge in [0, 0.05) is 18.4 Å². The number of carbonyl (C=O) groups is 2. The van der Waals surface area contributed by atoms with E-state index in [-0.39, 0.29) is 17.9 Å². The van der Waals surface area contributed by atoms with Gasteiger partial charge in [-0.3, -0.25) is 23.2 Å². The lowest BCUT2D eigenvalue weighted by atomic mass is 10.1. The molecule has 1 saturated heterocycles. The summed E-state index contributed by atoms with van der Waals surface area (Å²) in [6.07, 6.45) is -7.87. The van der Waals surface area contributed by atoms with Crippen LogP contribution in [-0.4, -0.2) is 52.9 Å². The molecule has 17 nitrogen and oxygen atoms in total. The molecule has 3 aromatic rings. The third-order valence-corrected chi connectivity index (χ3v) is 9.55. The predicted molar refractivity (Wildman–Crippen MR) is 157 cm³/mol. The Morgan fingerprint density at radius 3 is 2.00 bits per heavy atom. The van der Waals surface area contributed by atoms with Crippen molar-refractivity contribution in [3.8, 4) is 11.5 Å². The molecule has 0 amide bonds. The number of hydrogen-bond donors (Lipinski definition) is 1. The second-order valence-corrected chi connectivity index (χ2v) is 13.4. The van der Waals surface area contributed by atoms with Gasteiger partial charge in [0.15, 0.2) is 18.4 Å². The number of para-hydroxylation sites is 2. The Kier molecular flexibility index (Phi) is 12.3. The average molecular weight is 696 g/mol. The van der Waals surface area contributed by atoms with Gasteiger partial charge in [-0.05, 0) is 30.7 Å². The van der Waals surface area contributed by atoms with E-state index in [0.717, 1.165) is 16.8 Å². The van der Waals surface area contributed by atoms with Crippen LogP contribution in [-0.2, 0) is 32.2 Å². The van der Waals surface area contributed by atoms with Crippen LogP contribution in [0.4, 0.5) is 9.59 Å². The Balaban J connectivity index is 1.63. The highest BCUT2D eigenvalue weighted by molar-refractivity contribution is 7.62. The van der Waals surface area contributed by atoms with Crippen LogP contribution in [0.15, 0.2) is 82.5 Å². The lowest BCUT2D eigenvalue weighted by molar-refractivity contribution is -0.234. The van der Waals surface area contributed by atoms with Crippen LogP contribution in [0.2, 0.25) is 0 Å². The number of nitrogens with zero attached hydrogens (tertiary/aromatic N) is 1. The van der Waals surface area contributed by atoms with Gasteiger partial charge in [-0.25, -0.2) is 14.4 Å². The zero-order valence-electron chi connectivity index (χ0n) is 24.7. The van der Waals surface area contributed by atoms with E-state index in [4.69, 9.17) is 28.2 Å². The molecule has 6 atom stereocenters. The van der Waals surface area contributed by atoms with E-state index < -0.39 is 76.3 Å². The molecule has 47 heavy (non-hydrogen) atoms. The summed E-state index contributed by atoms with van der Waals surface area (Å²) in [5.41, 5.74) is -1.83. The summed E-state index contributed by atoms with van der Waals surface area (Å²) in [5, 5.41) is 0. The molecule has 254 valence electrons. The number of nitrogens with one attached hydrogen (secondary N) is 1. The maximum Gasteiger partial charge on any atom is 0.514 e. The summed E-state index contributed by atoms with van der Waals surface area (Å²) in [6, 6.07) is 16.2. The van der Waals surface area contributed by atoms with Crippen molar-refractivity contribution < 1.29 is 61.0 Å². The van der Waals surface area contributed by atoms with Gasteiger partial charge in [-0.15, -0.1) is 0 Å². The van der Waals surface area contributed by atoms with E-state index in [0.29, 0.717) is 12.8 Å². The van der Waals surface area contributed by atoms with Crippen LogP contribution in [0.3, 0.4) is 0 Å². The van der Waals surface area contributed by atoms with Crippen molar-refractivity contribution in [3.63, 3.8) is 0 Å². The Morgan fingerprint density at radius 2 is 1.45 bits per heavy atom. The lowest BCUT2D eigenvalue weighted by Crippen LogP contribution is -2.43. The first-order valence-electron chi connectivity index (χ1n) is 14.2. The Morgan fingerprint density at radius 1 is 0.872 bits per heavy atom. The molecular weight excluding hydrogens is 666 g/mol. The topological polar surface area (TPSA) is 234 Å². The number of unbranched alkanes of at least 4 members (excludes halogenated alkanes) is 2. The SMILES string of the molecule is CCCCCP(=O)([O-])OP(=O)([O-])OC[C@H]1O[C@@H](n2ccc(=O)[nH]c2=O)[C@@H](OC(=O)Oc2ccccc2)C1OC(=O)Oc1ccccc1. The van der Waals surface area contributed by atoms with Gasteiger partial charge in [0.05, 0.1) is 6.61 Å². The normalized spacial score (nSPS) is 21.6. The van der Waals surface area contributed by atoms with Gasteiger partial charge in [0.2, 0.25) is 0 Å². The Labute approximate surface area is 267 Å². The zero-order valence-corrected chi connectivity index (χ0v) is 26.5. The molecule has 0 radical (unpaired) electrons. The summed E-state index contributed by atoms with van der Waals surface area (Å²) in [7, 11) is -10.4. The van der Waals surface area contributed by atoms with Gasteiger partial charge in [-0.2, -0.15) is 0 Å². The summed E-state index contributed by atoms with van der Waals surface area (Å²) < 4.78 is 61.6. The fourth-order valence-electron chi connectivity index (χ4n) is 4.34. The number of carbonyl (C=O) groups excluding carboxylic acids is 2. The zero-order chi connectivity index (χ0) is 34.0. The largest absolute Gasteiger partial charge is 0.778 e. The second kappa shape index (κ2) is 16.2. The van der Waals surface area contributed by atoms with Crippen molar-refractivity contribution in [2.45, 2.75) is 50.7 Å². The first-order valence-corrected chi connectivity index (χ1v) is 17.4. The second-order valence-electron chi connectivity index (χ2n) is 9.94. The predicted octanol–water partition coefficient (Wildman–Crippen LogP) is 2.85. The van der Waals surface area contributed by atoms with Crippen molar-refractivity contribution in [3.05, 3.63) is 93.8 Å². The molecule has 3 unspecified atom stereocenters. The smallest absolute Gasteiger partial charge is 0.514 e. The van der Waals surface area contributed by atoms with Crippen molar-refractivity contribution in [1.82, 2.24) is 9.55 Å². The molecule has 1 aliphatic rings. The molecule has 1 fully saturated rings. The molecule has 2 aromatic carbocycles. The summed E-state index contributed by atoms with van der Waals surface area (Å²) in [5.74, 6) is 0.103. The van der Waals surface area contributed by atoms with Crippen LogP contribution in [0.1, 0.15) is 32.4 Å². The number of hydrogen-bond acceptors (Lipinski definition) is 15. The molecule has 4 rings (SSSR count). The maximum atomic E-state index is 12.9. The first kappa shape index (κ1) is 35.8. The number of aromatic nitrogens is 2. The number of H-pyrrole nitrogens is 1. The van der Waals surface area contributed by atoms with Gasteiger partial charge >= 0.3 is 18.0 Å². The van der Waals surface area contributed by atoms with Gasteiger partial charge in [-0.1, -0.05) is 56.2 Å². The van der Waals surface area contributed by atoms with Crippen LogP contribution >= 0.6 is 15.4 Å². The van der Waals surface area contributed by atoms with E-state index in [2.05, 4.69) is 4.31 Å². The summed E-state index contributed by atoms with van der Waals surface area (Å²) >= 11 is 0. The highest BCUT2D eigenvalue weighted by Crippen LogP contribution is 2.55. The first-order chi connectivity index (χ1) is 22.4. The Bertz CT molecular complexity index is 1720. The molecule has 0 bridgehead atoms. The van der Waals surface area contributed by atoms with Crippen LogP contribution < -0.4 is 30.5 Å². The molecule has 0 saturated carbocycles. The van der Waals surface area contributed by atoms with Crippen molar-refractivity contribution in [1.29, 1.82) is 0 Å². The van der Waals surface area contributed by atoms with E-state index in [1.54, 1.807) is 36.4 Å². The monoisotopic (exact) mass is 696 g/mol. The number of aromatic amines is 1. The van der Waals surface area contributed by atoms with E-state index in [1.165, 1.54) is 24.3 Å². The van der Waals surface area contributed by atoms with Gasteiger partial charge < -0.3 is 42.6 Å². The fourth-order valence-corrected chi connectivity index (χ4v) is 7.01. The number of rotatable bonds is 14. The molecule has 1 aliphatic heterocycles. The molecule has 19 heteroatoms. The minimum atomic E-state index is -5.56. The summed E-state index contributed by atoms with van der Waals surface area (Å²) in [4.78, 5) is 76.9. The van der Waals surface area contributed by atoms with Crippen molar-refractivity contribution >= 4 is 27.7 Å². The van der Waals surface area contributed by atoms with Crippen LogP contribution in [0.25, 0.3) is 0 Å². The maximum absolute atomic E-state index is 12.9. The molecule has 1 aromatic heterocycles. The molecule has 2 heterocycles. The molecule has 0 spiro atoms. The third kappa shape index (κ3) is 10.7. The fraction of sp³-hybridized carbons (Fsp3) is 0.357. The number of phosphoric acid groups is 1. The van der Waals surface area contributed by atoms with E-state index in [1.807, 2.05) is 11.9 Å². The van der Waals surface area contributed by atoms with Gasteiger partial charge in [0.1, 0.15) is 25.2 Å². The van der Waals surface area contributed by atoms with E-state index >= 15 is 0 Å². The van der Waals surface area contributed by atoms with Crippen molar-refractivity contribution in [2.75, 3.05) is 12.8 Å². The number of benzene rings is 2. The van der Waals surface area contributed by atoms with Crippen LogP contribution in [0.5, 0.6) is 11.5 Å². The van der Waals surface area contributed by atoms with Gasteiger partial charge in [0.25, 0.3) is 13.4 Å². The Hall–Kier alpha value is -4.08. The standard InChI is InChI=1S/C28H32N2O15P2/c1-2-3-10-17-46(35,36)45-47(37,38)39-18-21-23(43-27(33)40-19-11-6-4-7-12-19)24(44-28(34)41-20-13-8-5-9-14-20)25(42-21)30-16-15-22(31)29-26(30)32/h4-9,11-16,21,23-25H,2-3,10,17-18H2,1H3,(H,35,36)(H,37,38)(H,29,31,32)/p-2/t21-,23?,24+,25-/m1/s1. The minimum Gasteiger partial charge on any atom is -0.778 e. The molecule has 0 aliphatic carbocycles. The molecule has 1 N–H and O–H groups in total. The number of phosphoric ester groups is 1. The van der Waals surface area contributed by atoms with Crippen molar-refractivity contribution in [2.24, 2.45) is 0 Å². The third-order valence-electron chi connectivity index (χ3n) is 6.42. The minimum absolute atomic E-state index is 0.0466. The van der Waals surface area contributed by atoms with Crippen LogP contribution in [0, 0.1) is 0 Å². The average Bonchev–Trinajstić information content (AvgIpc) is 3.32. The highest BCUT2D eigenvalue weighted by Gasteiger charge is 2.52. The number of ether oxygens (including phenoxy) is 5. The quantitative estimate of drug-likeness (QED) is 0.110. The lowest BCUT2D eigenvalue weighted by Gasteiger charge is -2.32. The van der Waals surface area contributed by atoms with E-state index in [9.17, 15) is 38.1 Å². The molecular formula is C28H30N2O15P2-2.